The Morgan fingerprint density at radius 2 is 2.21 bits per heavy atom. The van der Waals surface area contributed by atoms with E-state index in [0.717, 1.165) is 23.3 Å². The van der Waals surface area contributed by atoms with E-state index >= 15 is 0 Å². The monoisotopic (exact) mass is 283 g/mol. The maximum Gasteiger partial charge on any atom is 0.344 e. The number of rotatable bonds is 7. The van der Waals surface area contributed by atoms with Crippen LogP contribution in [0, 0.1) is 5.41 Å². The molecule has 0 radical (unpaired) electrons. The molecule has 1 N–H and O–H groups in total. The molecule has 2 atom stereocenters. The average Bonchev–Trinajstić information content (AvgIpc) is 3.12. The number of carbonyl (C=O) groups excluding carboxylic acids is 1. The first kappa shape index (κ1) is 16.3. The van der Waals surface area contributed by atoms with Crippen LogP contribution in [-0.4, -0.2) is 31.9 Å². The summed E-state index contributed by atoms with van der Waals surface area (Å²) in [6.07, 6.45) is 8.43. The van der Waals surface area contributed by atoms with E-state index in [-0.39, 0.29) is 11.4 Å². The summed E-state index contributed by atoms with van der Waals surface area (Å²) in [5.74, 6) is -0.196. The van der Waals surface area contributed by atoms with Gasteiger partial charge in [-0.1, -0.05) is 19.1 Å². The van der Waals surface area contributed by atoms with Gasteiger partial charge in [0.05, 0.1) is 11.5 Å². The van der Waals surface area contributed by atoms with E-state index in [0.29, 0.717) is 12.6 Å². The molecule has 0 aromatic rings. The second-order valence-electron chi connectivity index (χ2n) is 4.78. The van der Waals surface area contributed by atoms with Crippen molar-refractivity contribution in [3.05, 3.63) is 22.6 Å². The van der Waals surface area contributed by atoms with Gasteiger partial charge in [0.1, 0.15) is 0 Å². The predicted molar refractivity (Wildman–Crippen MR) is 82.2 cm³/mol. The Bertz CT molecular complexity index is 390. The van der Waals surface area contributed by atoms with Crippen LogP contribution in [-0.2, 0) is 9.53 Å². The largest absolute Gasteiger partial charge is 0.462 e. The minimum Gasteiger partial charge on any atom is -0.462 e. The van der Waals surface area contributed by atoms with Gasteiger partial charge in [-0.2, -0.15) is 0 Å². The fraction of sp³-hybridized carbons (Fsp3) is 0.667. The smallest absolute Gasteiger partial charge is 0.344 e. The fourth-order valence-corrected chi connectivity index (χ4v) is 3.21. The van der Waals surface area contributed by atoms with Crippen molar-refractivity contribution in [1.29, 1.82) is 0 Å². The molecular weight excluding hydrogens is 258 g/mol. The highest BCUT2D eigenvalue weighted by Crippen LogP contribution is 2.55. The Hall–Kier alpha value is -0.740. The summed E-state index contributed by atoms with van der Waals surface area (Å²) in [6.45, 7) is 6.44. The van der Waals surface area contributed by atoms with Crippen LogP contribution >= 0.6 is 11.8 Å². The molecule has 0 aromatic heterocycles. The number of nitrogens with one attached hydrogen (secondary N) is 1. The molecule has 19 heavy (non-hydrogen) atoms. The number of allylic oxidation sites excluding steroid dienone is 1. The third-order valence-electron chi connectivity index (χ3n) is 3.71. The molecule has 4 heteroatoms. The number of esters is 1. The first-order valence-electron chi connectivity index (χ1n) is 6.84. The molecule has 108 valence electrons. The van der Waals surface area contributed by atoms with Crippen LogP contribution in [0.4, 0.5) is 0 Å². The molecule has 0 aliphatic heterocycles. The Morgan fingerprint density at radius 1 is 1.53 bits per heavy atom. The highest BCUT2D eigenvalue weighted by Gasteiger charge is 2.53. The van der Waals surface area contributed by atoms with Crippen LogP contribution in [0.1, 0.15) is 33.6 Å². The van der Waals surface area contributed by atoms with E-state index < -0.39 is 0 Å². The fourth-order valence-electron chi connectivity index (χ4n) is 2.49. The van der Waals surface area contributed by atoms with Crippen LogP contribution in [0.2, 0.25) is 0 Å². The summed E-state index contributed by atoms with van der Waals surface area (Å²) in [4.78, 5) is 12.8. The van der Waals surface area contributed by atoms with Gasteiger partial charge >= 0.3 is 5.97 Å². The molecule has 0 aromatic carbocycles. The van der Waals surface area contributed by atoms with Gasteiger partial charge in [-0.15, -0.1) is 11.8 Å². The van der Waals surface area contributed by atoms with Crippen molar-refractivity contribution in [3.8, 4) is 0 Å². The molecule has 1 rings (SSSR count). The molecule has 1 saturated carbocycles. The van der Waals surface area contributed by atoms with Gasteiger partial charge in [0, 0.05) is 11.5 Å². The van der Waals surface area contributed by atoms with E-state index in [1.54, 1.807) is 0 Å². The molecular formula is C15H25NO2S. The van der Waals surface area contributed by atoms with Crippen LogP contribution in [0.5, 0.6) is 0 Å². The Balaban J connectivity index is 3.07. The van der Waals surface area contributed by atoms with Crippen LogP contribution < -0.4 is 5.32 Å². The molecule has 1 unspecified atom stereocenters. The molecule has 0 bridgehead atoms. The molecule has 0 saturated heterocycles. The lowest BCUT2D eigenvalue weighted by Gasteiger charge is -2.17. The third-order valence-corrected chi connectivity index (χ3v) is 4.59. The van der Waals surface area contributed by atoms with Crippen molar-refractivity contribution in [2.24, 2.45) is 5.41 Å². The van der Waals surface area contributed by atoms with Crippen molar-refractivity contribution in [3.63, 3.8) is 0 Å². The Morgan fingerprint density at radius 3 is 2.63 bits per heavy atom. The standard InChI is InChI=1S/C15H25NO2S/c1-6-8-9-15(10-12(15)16-4)11(3)13(19-5)14(17)18-7-2/h8-9,12,16H,6-7,10H2,1-5H3/b9-8-,13-11-/t12?,15-/m1/s1. The zero-order valence-electron chi connectivity index (χ0n) is 12.6. The summed E-state index contributed by atoms with van der Waals surface area (Å²) in [7, 11) is 1.97. The van der Waals surface area contributed by atoms with Gasteiger partial charge in [-0.25, -0.2) is 4.79 Å². The average molecular weight is 283 g/mol. The zero-order chi connectivity index (χ0) is 14.5. The van der Waals surface area contributed by atoms with E-state index in [2.05, 4.69) is 31.3 Å². The number of carbonyl (C=O) groups is 1. The minimum absolute atomic E-state index is 0.00410. The summed E-state index contributed by atoms with van der Waals surface area (Å²) >= 11 is 1.48. The SMILES string of the molecule is CC/C=C\[C@]1(/C(C)=C(\SC)C(=O)OCC)CC1NC. The van der Waals surface area contributed by atoms with Crippen LogP contribution in [0.15, 0.2) is 22.6 Å². The molecule has 0 spiro atoms. The van der Waals surface area contributed by atoms with Gasteiger partial charge in [-0.05, 0) is 45.6 Å². The Kier molecular flexibility index (Phi) is 6.14. The van der Waals surface area contributed by atoms with Crippen LogP contribution in [0.25, 0.3) is 0 Å². The molecule has 0 heterocycles. The maximum atomic E-state index is 12.0. The summed E-state index contributed by atoms with van der Waals surface area (Å²) in [5.41, 5.74) is 1.12. The molecule has 1 aliphatic carbocycles. The first-order chi connectivity index (χ1) is 9.07. The molecule has 1 aliphatic rings. The summed E-state index contributed by atoms with van der Waals surface area (Å²) in [5, 5.41) is 3.32. The van der Waals surface area contributed by atoms with Crippen molar-refractivity contribution >= 4 is 17.7 Å². The number of hydrogen-bond acceptors (Lipinski definition) is 4. The molecule has 1 fully saturated rings. The lowest BCUT2D eigenvalue weighted by molar-refractivity contribution is -0.137. The molecule has 3 nitrogen and oxygen atoms in total. The lowest BCUT2D eigenvalue weighted by atomic mass is 9.94. The van der Waals surface area contributed by atoms with Gasteiger partial charge < -0.3 is 10.1 Å². The highest BCUT2D eigenvalue weighted by atomic mass is 32.2. The minimum atomic E-state index is -0.196. The topological polar surface area (TPSA) is 38.3 Å². The van der Waals surface area contributed by atoms with Crippen molar-refractivity contribution in [2.45, 2.75) is 39.7 Å². The van der Waals surface area contributed by atoms with E-state index in [4.69, 9.17) is 4.74 Å². The van der Waals surface area contributed by atoms with Crippen LogP contribution in [0.3, 0.4) is 0 Å². The highest BCUT2D eigenvalue weighted by molar-refractivity contribution is 8.03. The number of ether oxygens (including phenoxy) is 1. The normalized spacial score (nSPS) is 27.3. The second kappa shape index (κ2) is 7.15. The predicted octanol–water partition coefficient (Wildman–Crippen LogP) is 3.13. The zero-order valence-corrected chi connectivity index (χ0v) is 13.4. The Labute approximate surface area is 120 Å². The maximum absolute atomic E-state index is 12.0. The summed E-state index contributed by atoms with van der Waals surface area (Å²) in [6, 6.07) is 0.423. The van der Waals surface area contributed by atoms with Crippen molar-refractivity contribution < 1.29 is 9.53 Å². The van der Waals surface area contributed by atoms with Gasteiger partial charge in [-0.3, -0.25) is 0 Å². The van der Waals surface area contributed by atoms with Gasteiger partial charge in [0.25, 0.3) is 0 Å². The van der Waals surface area contributed by atoms with Gasteiger partial charge in [0.2, 0.25) is 0 Å². The summed E-state index contributed by atoms with van der Waals surface area (Å²) < 4.78 is 5.15. The quantitative estimate of drug-likeness (QED) is 0.442. The van der Waals surface area contributed by atoms with E-state index in [9.17, 15) is 4.79 Å². The number of thioether (sulfide) groups is 1. The van der Waals surface area contributed by atoms with Crippen molar-refractivity contribution in [2.75, 3.05) is 19.9 Å². The van der Waals surface area contributed by atoms with Crippen molar-refractivity contribution in [1.82, 2.24) is 5.32 Å². The molecule has 0 amide bonds. The second-order valence-corrected chi connectivity index (χ2v) is 5.59. The van der Waals surface area contributed by atoms with E-state index in [1.807, 2.05) is 20.2 Å². The van der Waals surface area contributed by atoms with E-state index in [1.165, 1.54) is 11.8 Å². The first-order valence-corrected chi connectivity index (χ1v) is 8.07. The lowest BCUT2D eigenvalue weighted by Crippen LogP contribution is -2.20. The third kappa shape index (κ3) is 3.42. The number of hydrogen-bond donors (Lipinski definition) is 1. The van der Waals surface area contributed by atoms with Gasteiger partial charge in [0.15, 0.2) is 0 Å².